The van der Waals surface area contributed by atoms with Crippen LogP contribution >= 0.6 is 11.6 Å². The zero-order chi connectivity index (χ0) is 13.1. The van der Waals surface area contributed by atoms with Gasteiger partial charge in [-0.1, -0.05) is 32.4 Å². The second kappa shape index (κ2) is 5.31. The molecule has 0 saturated heterocycles. The molecular formula is C11H16ClN3O2. The van der Waals surface area contributed by atoms with Crippen LogP contribution in [0, 0.1) is 15.5 Å². The van der Waals surface area contributed by atoms with Crippen molar-refractivity contribution in [1.29, 1.82) is 0 Å². The van der Waals surface area contributed by atoms with Gasteiger partial charge in [0, 0.05) is 12.6 Å². The molecule has 0 aliphatic heterocycles. The number of pyridine rings is 1. The van der Waals surface area contributed by atoms with Gasteiger partial charge in [-0.2, -0.15) is 0 Å². The lowest BCUT2D eigenvalue weighted by Gasteiger charge is -2.23. The lowest BCUT2D eigenvalue weighted by molar-refractivity contribution is -0.385. The molecule has 0 unspecified atom stereocenters. The van der Waals surface area contributed by atoms with E-state index in [1.807, 2.05) is 0 Å². The maximum atomic E-state index is 10.5. The molecule has 1 N–H and O–H groups in total. The highest BCUT2D eigenvalue weighted by molar-refractivity contribution is 6.33. The molecule has 6 heteroatoms. The first-order valence-corrected chi connectivity index (χ1v) is 5.77. The van der Waals surface area contributed by atoms with Crippen LogP contribution in [0.15, 0.2) is 12.3 Å². The third-order valence-electron chi connectivity index (χ3n) is 2.73. The molecule has 0 aromatic carbocycles. The second-order valence-electron chi connectivity index (χ2n) is 4.65. The highest BCUT2D eigenvalue weighted by atomic mass is 35.5. The molecule has 0 atom stereocenters. The van der Waals surface area contributed by atoms with E-state index in [0.717, 1.165) is 6.42 Å². The highest BCUT2D eigenvalue weighted by Gasteiger charge is 2.16. The zero-order valence-corrected chi connectivity index (χ0v) is 10.9. The van der Waals surface area contributed by atoms with Crippen LogP contribution in [-0.2, 0) is 0 Å². The first kappa shape index (κ1) is 13.7. The van der Waals surface area contributed by atoms with Gasteiger partial charge in [0.05, 0.1) is 9.95 Å². The molecule has 94 valence electrons. The second-order valence-corrected chi connectivity index (χ2v) is 5.06. The van der Waals surface area contributed by atoms with Crippen molar-refractivity contribution in [3.05, 3.63) is 27.4 Å². The predicted molar refractivity (Wildman–Crippen MR) is 68.5 cm³/mol. The average Bonchev–Trinajstić information content (AvgIpc) is 2.27. The zero-order valence-electron chi connectivity index (χ0n) is 10.2. The number of nitro groups is 1. The molecule has 0 bridgehead atoms. The van der Waals surface area contributed by atoms with Gasteiger partial charge < -0.3 is 5.32 Å². The van der Waals surface area contributed by atoms with Gasteiger partial charge in [-0.3, -0.25) is 10.1 Å². The molecule has 1 aromatic rings. The Morgan fingerprint density at radius 1 is 1.59 bits per heavy atom. The fraction of sp³-hybridized carbons (Fsp3) is 0.545. The minimum Gasteiger partial charge on any atom is -0.368 e. The fourth-order valence-corrected chi connectivity index (χ4v) is 1.33. The maximum Gasteiger partial charge on any atom is 0.289 e. The Bertz CT molecular complexity index is 421. The summed E-state index contributed by atoms with van der Waals surface area (Å²) in [5, 5.41) is 13.9. The summed E-state index contributed by atoms with van der Waals surface area (Å²) in [5.41, 5.74) is 0.0302. The number of rotatable bonds is 5. The number of hydrogen-bond acceptors (Lipinski definition) is 4. The summed E-state index contributed by atoms with van der Waals surface area (Å²) in [4.78, 5) is 14.0. The van der Waals surface area contributed by atoms with Gasteiger partial charge in [-0.25, -0.2) is 4.98 Å². The molecule has 0 spiro atoms. The van der Waals surface area contributed by atoms with Crippen LogP contribution in [0.4, 0.5) is 11.5 Å². The van der Waals surface area contributed by atoms with Crippen LogP contribution in [0.1, 0.15) is 27.2 Å². The van der Waals surface area contributed by atoms with Gasteiger partial charge in [0.25, 0.3) is 5.69 Å². The minimum absolute atomic E-state index is 0.102. The van der Waals surface area contributed by atoms with Crippen molar-refractivity contribution in [2.75, 3.05) is 11.9 Å². The Kier molecular flexibility index (Phi) is 4.28. The molecule has 1 heterocycles. The fourth-order valence-electron chi connectivity index (χ4n) is 1.11. The maximum absolute atomic E-state index is 10.5. The first-order chi connectivity index (χ1) is 7.85. The van der Waals surface area contributed by atoms with E-state index in [0.29, 0.717) is 12.4 Å². The van der Waals surface area contributed by atoms with Crippen molar-refractivity contribution in [2.24, 2.45) is 5.41 Å². The monoisotopic (exact) mass is 257 g/mol. The quantitative estimate of drug-likeness (QED) is 0.648. The molecule has 5 nitrogen and oxygen atoms in total. The first-order valence-electron chi connectivity index (χ1n) is 5.39. The molecule has 1 rings (SSSR count). The smallest absolute Gasteiger partial charge is 0.289 e. The number of nitrogens with zero attached hydrogens (tertiary/aromatic N) is 2. The Labute approximate surface area is 105 Å². The lowest BCUT2D eigenvalue weighted by Crippen LogP contribution is -2.22. The van der Waals surface area contributed by atoms with Crippen LogP contribution in [0.3, 0.4) is 0 Å². The summed E-state index contributed by atoms with van der Waals surface area (Å²) in [6.45, 7) is 7.07. The van der Waals surface area contributed by atoms with Crippen molar-refractivity contribution in [3.63, 3.8) is 0 Å². The van der Waals surface area contributed by atoms with Gasteiger partial charge >= 0.3 is 0 Å². The Morgan fingerprint density at radius 3 is 2.71 bits per heavy atom. The predicted octanol–water partition coefficient (Wildman–Crippen LogP) is 3.49. The normalized spacial score (nSPS) is 11.3. The van der Waals surface area contributed by atoms with Crippen molar-refractivity contribution in [2.45, 2.75) is 27.2 Å². The molecule has 0 saturated carbocycles. The third-order valence-corrected chi connectivity index (χ3v) is 3.02. The Morgan fingerprint density at radius 2 is 2.24 bits per heavy atom. The Balaban J connectivity index is 2.77. The van der Waals surface area contributed by atoms with Gasteiger partial charge in [0.15, 0.2) is 0 Å². The molecule has 0 radical (unpaired) electrons. The van der Waals surface area contributed by atoms with Gasteiger partial charge in [-0.05, 0) is 11.8 Å². The molecule has 0 amide bonds. The van der Waals surface area contributed by atoms with E-state index >= 15 is 0 Å². The summed E-state index contributed by atoms with van der Waals surface area (Å²) >= 11 is 5.92. The molecule has 0 aliphatic carbocycles. The van der Waals surface area contributed by atoms with Crippen molar-refractivity contribution in [1.82, 2.24) is 4.98 Å². The van der Waals surface area contributed by atoms with Gasteiger partial charge in [0.2, 0.25) is 0 Å². The summed E-state index contributed by atoms with van der Waals surface area (Å²) in [7, 11) is 0. The van der Waals surface area contributed by atoms with E-state index in [2.05, 4.69) is 31.1 Å². The lowest BCUT2D eigenvalue weighted by atomic mass is 9.90. The van der Waals surface area contributed by atoms with Gasteiger partial charge in [-0.15, -0.1) is 0 Å². The van der Waals surface area contributed by atoms with Crippen molar-refractivity contribution in [3.8, 4) is 0 Å². The van der Waals surface area contributed by atoms with E-state index in [4.69, 9.17) is 11.6 Å². The molecule has 1 aromatic heterocycles. The largest absolute Gasteiger partial charge is 0.368 e. The average molecular weight is 258 g/mol. The topological polar surface area (TPSA) is 68.1 Å². The molecule has 0 fully saturated rings. The number of halogens is 1. The van der Waals surface area contributed by atoms with Crippen molar-refractivity contribution >= 4 is 23.1 Å². The standard InChI is InChI=1S/C11H16ClN3O2/c1-4-11(2,3)7-14-10-9(12)5-8(6-13-10)15(16)17/h5-6H,4,7H2,1-3H3,(H,13,14). The van der Waals surface area contributed by atoms with Crippen LogP contribution in [-0.4, -0.2) is 16.5 Å². The molecule has 0 aliphatic rings. The van der Waals surface area contributed by atoms with E-state index in [1.165, 1.54) is 12.3 Å². The molecule has 17 heavy (non-hydrogen) atoms. The van der Waals surface area contributed by atoms with Gasteiger partial charge in [0.1, 0.15) is 12.0 Å². The van der Waals surface area contributed by atoms with E-state index < -0.39 is 4.92 Å². The van der Waals surface area contributed by atoms with Crippen LogP contribution in [0.5, 0.6) is 0 Å². The van der Waals surface area contributed by atoms with E-state index in [-0.39, 0.29) is 16.1 Å². The van der Waals surface area contributed by atoms with Crippen LogP contribution in [0.25, 0.3) is 0 Å². The SMILES string of the molecule is CCC(C)(C)CNc1ncc([N+](=O)[O-])cc1Cl. The Hall–Kier alpha value is -1.36. The number of nitrogens with one attached hydrogen (secondary N) is 1. The van der Waals surface area contributed by atoms with Crippen LogP contribution < -0.4 is 5.32 Å². The summed E-state index contributed by atoms with van der Waals surface area (Å²) in [6.07, 6.45) is 2.22. The summed E-state index contributed by atoms with van der Waals surface area (Å²) in [6, 6.07) is 1.30. The third kappa shape index (κ3) is 3.85. The number of hydrogen-bond donors (Lipinski definition) is 1. The van der Waals surface area contributed by atoms with Crippen molar-refractivity contribution < 1.29 is 4.92 Å². The highest BCUT2D eigenvalue weighted by Crippen LogP contribution is 2.26. The minimum atomic E-state index is -0.515. The van der Waals surface area contributed by atoms with E-state index in [1.54, 1.807) is 0 Å². The number of aromatic nitrogens is 1. The van der Waals surface area contributed by atoms with E-state index in [9.17, 15) is 10.1 Å². The summed E-state index contributed by atoms with van der Waals surface area (Å²) < 4.78 is 0. The molecular weight excluding hydrogens is 242 g/mol. The number of anilines is 1. The summed E-state index contributed by atoms with van der Waals surface area (Å²) in [5.74, 6) is 0.485. The van der Waals surface area contributed by atoms with Crippen LogP contribution in [0.2, 0.25) is 5.02 Å².